The highest BCUT2D eigenvalue weighted by Gasteiger charge is 2.36. The van der Waals surface area contributed by atoms with Crippen LogP contribution in [-0.2, 0) is 9.59 Å². The lowest BCUT2D eigenvalue weighted by Crippen LogP contribution is -2.41. The van der Waals surface area contributed by atoms with Crippen molar-refractivity contribution in [2.75, 3.05) is 26.7 Å². The molecule has 0 saturated carbocycles. The number of imide groups is 1. The van der Waals surface area contributed by atoms with Crippen LogP contribution < -0.4 is 4.74 Å². The van der Waals surface area contributed by atoms with E-state index in [1.807, 2.05) is 13.8 Å². The van der Waals surface area contributed by atoms with Gasteiger partial charge in [-0.2, -0.15) is 0 Å². The number of hydrogen-bond donors (Lipinski definition) is 1. The molecule has 1 aromatic carbocycles. The lowest BCUT2D eigenvalue weighted by Gasteiger charge is -2.21. The molecule has 1 aliphatic rings. The number of carbonyl (C=O) groups excluding carboxylic acids is 3. The maximum atomic E-state index is 12.5. The zero-order chi connectivity index (χ0) is 19.4. The third-order valence-electron chi connectivity index (χ3n) is 3.85. The number of thioether (sulfide) groups is 1. The zero-order valence-corrected chi connectivity index (χ0v) is 17.0. The second-order valence-electron chi connectivity index (χ2n) is 5.39. The van der Waals surface area contributed by atoms with Crippen LogP contribution in [-0.4, -0.2) is 58.7 Å². The van der Waals surface area contributed by atoms with Crippen LogP contribution >= 0.6 is 27.7 Å². The molecule has 0 spiro atoms. The average molecular weight is 443 g/mol. The number of benzene rings is 1. The van der Waals surface area contributed by atoms with E-state index in [0.717, 1.165) is 16.7 Å². The van der Waals surface area contributed by atoms with E-state index in [-0.39, 0.29) is 28.9 Å². The summed E-state index contributed by atoms with van der Waals surface area (Å²) in [5, 5.41) is 9.37. The summed E-state index contributed by atoms with van der Waals surface area (Å²) in [7, 11) is 1.41. The highest BCUT2D eigenvalue weighted by Crippen LogP contribution is 2.38. The quantitative estimate of drug-likeness (QED) is 0.681. The van der Waals surface area contributed by atoms with Gasteiger partial charge in [0, 0.05) is 13.1 Å². The van der Waals surface area contributed by atoms with Crippen LogP contribution in [0, 0.1) is 0 Å². The van der Waals surface area contributed by atoms with E-state index >= 15 is 0 Å². The number of halogens is 1. The lowest BCUT2D eigenvalue weighted by atomic mass is 10.2. The Morgan fingerprint density at radius 3 is 2.58 bits per heavy atom. The number of rotatable bonds is 6. The van der Waals surface area contributed by atoms with Crippen LogP contribution in [0.25, 0.3) is 6.08 Å². The molecular weight excluding hydrogens is 424 g/mol. The van der Waals surface area contributed by atoms with E-state index in [4.69, 9.17) is 4.74 Å². The minimum Gasteiger partial charge on any atom is -0.503 e. The minimum atomic E-state index is -0.510. The summed E-state index contributed by atoms with van der Waals surface area (Å²) >= 11 is 3.99. The molecule has 1 aliphatic heterocycles. The fourth-order valence-electron chi connectivity index (χ4n) is 2.43. The Kier molecular flexibility index (Phi) is 6.71. The number of phenolic OH excluding ortho intramolecular Hbond substituents is 1. The summed E-state index contributed by atoms with van der Waals surface area (Å²) in [6.07, 6.45) is 1.53. The van der Waals surface area contributed by atoms with Gasteiger partial charge >= 0.3 is 0 Å². The van der Waals surface area contributed by atoms with Crippen molar-refractivity contribution in [3.05, 3.63) is 27.1 Å². The van der Waals surface area contributed by atoms with E-state index in [0.29, 0.717) is 23.1 Å². The monoisotopic (exact) mass is 442 g/mol. The van der Waals surface area contributed by atoms with Gasteiger partial charge < -0.3 is 14.7 Å². The highest BCUT2D eigenvalue weighted by atomic mass is 79.9. The van der Waals surface area contributed by atoms with Crippen molar-refractivity contribution in [2.24, 2.45) is 0 Å². The molecule has 7 nitrogen and oxygen atoms in total. The molecule has 0 aromatic heterocycles. The molecule has 0 unspecified atom stereocenters. The number of methoxy groups -OCH3 is 1. The molecule has 0 radical (unpaired) electrons. The Morgan fingerprint density at radius 2 is 2.00 bits per heavy atom. The first-order valence-electron chi connectivity index (χ1n) is 7.91. The van der Waals surface area contributed by atoms with E-state index < -0.39 is 11.1 Å². The minimum absolute atomic E-state index is 0.0532. The topological polar surface area (TPSA) is 87.2 Å². The number of carbonyl (C=O) groups is 3. The summed E-state index contributed by atoms with van der Waals surface area (Å²) in [6, 6.07) is 3.15. The van der Waals surface area contributed by atoms with Crippen molar-refractivity contribution < 1.29 is 24.2 Å². The molecule has 140 valence electrons. The van der Waals surface area contributed by atoms with Crippen LogP contribution in [0.4, 0.5) is 4.79 Å². The predicted molar refractivity (Wildman–Crippen MR) is 103 cm³/mol. The Balaban J connectivity index is 2.24. The van der Waals surface area contributed by atoms with Gasteiger partial charge in [0.05, 0.1) is 16.5 Å². The molecule has 1 saturated heterocycles. The number of ether oxygens (including phenoxy) is 1. The molecule has 9 heteroatoms. The summed E-state index contributed by atoms with van der Waals surface area (Å²) in [4.78, 5) is 39.6. The van der Waals surface area contributed by atoms with E-state index in [2.05, 4.69) is 15.9 Å². The van der Waals surface area contributed by atoms with Crippen molar-refractivity contribution in [1.82, 2.24) is 9.80 Å². The van der Waals surface area contributed by atoms with Crippen molar-refractivity contribution in [1.29, 1.82) is 0 Å². The highest BCUT2D eigenvalue weighted by molar-refractivity contribution is 9.10. The first kappa shape index (κ1) is 20.3. The maximum absolute atomic E-state index is 12.5. The Morgan fingerprint density at radius 1 is 1.35 bits per heavy atom. The van der Waals surface area contributed by atoms with Crippen LogP contribution in [0.1, 0.15) is 19.4 Å². The normalized spacial score (nSPS) is 15.7. The molecule has 3 amide bonds. The summed E-state index contributed by atoms with van der Waals surface area (Å²) in [6.45, 7) is 4.44. The van der Waals surface area contributed by atoms with Crippen LogP contribution in [0.2, 0.25) is 0 Å². The van der Waals surface area contributed by atoms with Gasteiger partial charge in [-0.3, -0.25) is 19.3 Å². The molecule has 0 atom stereocenters. The fourth-order valence-corrected chi connectivity index (χ4v) is 3.73. The number of aromatic hydroxyl groups is 1. The number of likely N-dealkylation sites (N-methyl/N-ethyl adjacent to an activating group) is 1. The van der Waals surface area contributed by atoms with E-state index in [1.54, 1.807) is 17.0 Å². The Bertz CT molecular complexity index is 777. The molecule has 1 N–H and O–H groups in total. The van der Waals surface area contributed by atoms with Gasteiger partial charge in [0.25, 0.3) is 11.1 Å². The summed E-state index contributed by atoms with van der Waals surface area (Å²) in [5.41, 5.74) is 0.576. The maximum Gasteiger partial charge on any atom is 0.294 e. The summed E-state index contributed by atoms with van der Waals surface area (Å²) < 4.78 is 5.48. The smallest absolute Gasteiger partial charge is 0.294 e. The van der Waals surface area contributed by atoms with Gasteiger partial charge in [0.2, 0.25) is 5.91 Å². The van der Waals surface area contributed by atoms with Crippen molar-refractivity contribution in [3.8, 4) is 11.5 Å². The molecule has 26 heavy (non-hydrogen) atoms. The predicted octanol–water partition coefficient (Wildman–Crippen LogP) is 3.07. The molecule has 2 rings (SSSR count). The summed E-state index contributed by atoms with van der Waals surface area (Å²) in [5.74, 6) is -0.597. The van der Waals surface area contributed by atoms with Gasteiger partial charge in [-0.25, -0.2) is 0 Å². The third kappa shape index (κ3) is 4.21. The van der Waals surface area contributed by atoms with E-state index in [1.165, 1.54) is 13.2 Å². The molecule has 0 bridgehead atoms. The van der Waals surface area contributed by atoms with Gasteiger partial charge in [-0.1, -0.05) is 0 Å². The second kappa shape index (κ2) is 8.59. The SMILES string of the molecule is CCN(CC)C(=O)CN1C(=O)S/C(=C\c2cc(Br)c(O)c(OC)c2)C1=O. The second-order valence-corrected chi connectivity index (χ2v) is 7.24. The van der Waals surface area contributed by atoms with Crippen molar-refractivity contribution in [2.45, 2.75) is 13.8 Å². The van der Waals surface area contributed by atoms with Crippen LogP contribution in [0.5, 0.6) is 11.5 Å². The lowest BCUT2D eigenvalue weighted by molar-refractivity contribution is -0.135. The molecule has 1 heterocycles. The van der Waals surface area contributed by atoms with Gasteiger partial charge in [0.1, 0.15) is 6.54 Å². The first-order valence-corrected chi connectivity index (χ1v) is 9.52. The van der Waals surface area contributed by atoms with Gasteiger partial charge in [-0.15, -0.1) is 0 Å². The van der Waals surface area contributed by atoms with Crippen LogP contribution in [0.15, 0.2) is 21.5 Å². The largest absolute Gasteiger partial charge is 0.503 e. The molecule has 1 fully saturated rings. The van der Waals surface area contributed by atoms with Gasteiger partial charge in [-0.05, 0) is 65.3 Å². The Labute approximate surface area is 164 Å². The Hall–Kier alpha value is -2.00. The average Bonchev–Trinajstić information content (AvgIpc) is 2.86. The third-order valence-corrected chi connectivity index (χ3v) is 5.36. The molecular formula is C17H19BrN2O5S. The van der Waals surface area contributed by atoms with E-state index in [9.17, 15) is 19.5 Å². The number of phenols is 1. The number of hydrogen-bond acceptors (Lipinski definition) is 6. The number of amides is 3. The van der Waals surface area contributed by atoms with Crippen LogP contribution in [0.3, 0.4) is 0 Å². The molecule has 1 aromatic rings. The molecule has 0 aliphatic carbocycles. The standard InChI is InChI=1S/C17H19BrN2O5S/c1-4-19(5-2)14(21)9-20-16(23)13(26-17(20)24)8-10-6-11(18)15(22)12(7-10)25-3/h6-8,22H,4-5,9H2,1-3H3/b13-8-. The van der Waals surface area contributed by atoms with Crippen molar-refractivity contribution >= 4 is 50.8 Å². The zero-order valence-electron chi connectivity index (χ0n) is 14.6. The first-order chi connectivity index (χ1) is 12.3. The fraction of sp³-hybridized carbons (Fsp3) is 0.353. The van der Waals surface area contributed by atoms with Crippen molar-refractivity contribution in [3.63, 3.8) is 0 Å². The number of nitrogens with zero attached hydrogens (tertiary/aromatic N) is 2. The van der Waals surface area contributed by atoms with Gasteiger partial charge in [0.15, 0.2) is 11.5 Å².